The number of hydrogen-bond donors (Lipinski definition) is 1. The molecule has 1 amide bonds. The van der Waals surface area contributed by atoms with Gasteiger partial charge in [-0.05, 0) is 37.7 Å². The lowest BCUT2D eigenvalue weighted by molar-refractivity contribution is -0.134. The fourth-order valence-corrected chi connectivity index (χ4v) is 3.24. The van der Waals surface area contributed by atoms with Gasteiger partial charge in [-0.1, -0.05) is 12.1 Å². The van der Waals surface area contributed by atoms with Crippen LogP contribution in [0.5, 0.6) is 5.75 Å². The number of likely N-dealkylation sites (N-methyl/N-ethyl adjacent to an activating group) is 1. The van der Waals surface area contributed by atoms with Gasteiger partial charge in [0.25, 0.3) is 6.47 Å². The van der Waals surface area contributed by atoms with Crippen LogP contribution in [0.2, 0.25) is 0 Å². The van der Waals surface area contributed by atoms with Crippen molar-refractivity contribution in [3.8, 4) is 5.75 Å². The maximum Gasteiger partial charge on any atom is 0.290 e. The van der Waals surface area contributed by atoms with Gasteiger partial charge in [0.15, 0.2) is 0 Å². The van der Waals surface area contributed by atoms with E-state index in [1.54, 1.807) is 7.11 Å². The third kappa shape index (κ3) is 5.82. The first-order valence-electron chi connectivity index (χ1n) is 9.18. The van der Waals surface area contributed by atoms with Gasteiger partial charge in [-0.3, -0.25) is 19.2 Å². The number of nitrogens with zero attached hydrogens (tertiary/aromatic N) is 4. The van der Waals surface area contributed by atoms with Crippen LogP contribution in [0.4, 0.5) is 0 Å². The molecule has 8 nitrogen and oxygen atoms in total. The molecule has 0 saturated carbocycles. The smallest absolute Gasteiger partial charge is 0.290 e. The second-order valence-electron chi connectivity index (χ2n) is 6.68. The lowest BCUT2D eigenvalue weighted by Gasteiger charge is -2.39. The molecular formula is C20H28N4O4. The second kappa shape index (κ2) is 10.5. The summed E-state index contributed by atoms with van der Waals surface area (Å²) in [5.41, 5.74) is 2.19. The van der Waals surface area contributed by atoms with E-state index >= 15 is 0 Å². The van der Waals surface area contributed by atoms with Crippen LogP contribution in [0.15, 0.2) is 36.5 Å². The Kier molecular flexibility index (Phi) is 8.01. The Bertz CT molecular complexity index is 760. The van der Waals surface area contributed by atoms with E-state index < -0.39 is 0 Å². The highest BCUT2D eigenvalue weighted by Gasteiger charge is 2.28. The Hall–Kier alpha value is -2.87. The molecule has 3 rings (SSSR count). The van der Waals surface area contributed by atoms with E-state index in [9.17, 15) is 4.79 Å². The SMILES string of the molecule is COc1ccc(C2CN(C(=O)CCn3ccc(C)n3)CCN2C)cc1.O=CO. The number of methoxy groups -OCH3 is 1. The molecule has 1 atom stereocenters. The fourth-order valence-electron chi connectivity index (χ4n) is 3.24. The molecular weight excluding hydrogens is 360 g/mol. The molecule has 28 heavy (non-hydrogen) atoms. The molecule has 1 fully saturated rings. The number of hydrogen-bond acceptors (Lipinski definition) is 5. The van der Waals surface area contributed by atoms with Crippen molar-refractivity contribution in [1.29, 1.82) is 0 Å². The number of ether oxygens (including phenoxy) is 1. The summed E-state index contributed by atoms with van der Waals surface area (Å²) in [6.07, 6.45) is 2.41. The topological polar surface area (TPSA) is 87.9 Å². The van der Waals surface area contributed by atoms with Gasteiger partial charge in [-0.15, -0.1) is 0 Å². The third-order valence-electron chi connectivity index (χ3n) is 4.83. The fraction of sp³-hybridized carbons (Fsp3) is 0.450. The first-order valence-corrected chi connectivity index (χ1v) is 9.18. The monoisotopic (exact) mass is 388 g/mol. The summed E-state index contributed by atoms with van der Waals surface area (Å²) in [7, 11) is 3.78. The van der Waals surface area contributed by atoms with Crippen LogP contribution in [-0.4, -0.2) is 70.9 Å². The van der Waals surface area contributed by atoms with Crippen LogP contribution in [0.25, 0.3) is 0 Å². The lowest BCUT2D eigenvalue weighted by Crippen LogP contribution is -2.49. The summed E-state index contributed by atoms with van der Waals surface area (Å²) < 4.78 is 7.07. The molecule has 152 valence electrons. The first kappa shape index (κ1) is 21.4. The van der Waals surface area contributed by atoms with E-state index in [2.05, 4.69) is 29.2 Å². The van der Waals surface area contributed by atoms with Crippen molar-refractivity contribution in [2.75, 3.05) is 33.8 Å². The number of aromatic nitrogens is 2. The van der Waals surface area contributed by atoms with Gasteiger partial charge in [0.1, 0.15) is 5.75 Å². The number of piperazine rings is 1. The van der Waals surface area contributed by atoms with Gasteiger partial charge in [0.05, 0.1) is 18.8 Å². The number of rotatable bonds is 5. The number of carboxylic acid groups (broad SMARTS) is 1. The van der Waals surface area contributed by atoms with Crippen molar-refractivity contribution in [2.24, 2.45) is 0 Å². The van der Waals surface area contributed by atoms with Crippen molar-refractivity contribution in [3.05, 3.63) is 47.8 Å². The van der Waals surface area contributed by atoms with E-state index in [1.165, 1.54) is 5.56 Å². The van der Waals surface area contributed by atoms with Gasteiger partial charge >= 0.3 is 0 Å². The lowest BCUT2D eigenvalue weighted by atomic mass is 10.0. The van der Waals surface area contributed by atoms with Gasteiger partial charge in [-0.2, -0.15) is 5.10 Å². The Morgan fingerprint density at radius 1 is 1.29 bits per heavy atom. The predicted octanol–water partition coefficient (Wildman–Crippen LogP) is 1.81. The maximum atomic E-state index is 12.6. The number of benzene rings is 1. The molecule has 1 aliphatic rings. The quantitative estimate of drug-likeness (QED) is 0.786. The van der Waals surface area contributed by atoms with E-state index in [0.717, 1.165) is 31.1 Å². The Morgan fingerprint density at radius 2 is 1.96 bits per heavy atom. The van der Waals surface area contributed by atoms with Crippen molar-refractivity contribution >= 4 is 12.4 Å². The van der Waals surface area contributed by atoms with Crippen LogP contribution < -0.4 is 4.74 Å². The molecule has 2 heterocycles. The second-order valence-corrected chi connectivity index (χ2v) is 6.68. The number of carbonyl (C=O) groups excluding carboxylic acids is 1. The largest absolute Gasteiger partial charge is 0.497 e. The Labute approximate surface area is 165 Å². The van der Waals surface area contributed by atoms with Crippen molar-refractivity contribution in [1.82, 2.24) is 19.6 Å². The molecule has 1 unspecified atom stereocenters. The molecule has 1 N–H and O–H groups in total. The van der Waals surface area contributed by atoms with Crippen molar-refractivity contribution < 1.29 is 19.4 Å². The van der Waals surface area contributed by atoms with Gasteiger partial charge in [0.2, 0.25) is 5.91 Å². The van der Waals surface area contributed by atoms with Crippen molar-refractivity contribution in [2.45, 2.75) is 25.9 Å². The molecule has 0 spiro atoms. The number of carbonyl (C=O) groups is 2. The van der Waals surface area contributed by atoms with Crippen molar-refractivity contribution in [3.63, 3.8) is 0 Å². The summed E-state index contributed by atoms with van der Waals surface area (Å²) in [6, 6.07) is 10.3. The average molecular weight is 388 g/mol. The van der Waals surface area contributed by atoms with Crippen LogP contribution in [0.3, 0.4) is 0 Å². The number of amides is 1. The van der Waals surface area contributed by atoms with Crippen LogP contribution in [0.1, 0.15) is 23.7 Å². The zero-order valence-corrected chi connectivity index (χ0v) is 16.6. The van der Waals surface area contributed by atoms with Gasteiger partial charge in [0, 0.05) is 38.8 Å². The highest BCUT2D eigenvalue weighted by molar-refractivity contribution is 5.76. The van der Waals surface area contributed by atoms with E-state index in [-0.39, 0.29) is 18.4 Å². The zero-order valence-electron chi connectivity index (χ0n) is 16.6. The molecule has 0 aliphatic carbocycles. The average Bonchev–Trinajstić information content (AvgIpc) is 3.12. The van der Waals surface area contributed by atoms with Crippen LogP contribution in [0, 0.1) is 6.92 Å². The molecule has 0 radical (unpaired) electrons. The van der Waals surface area contributed by atoms with E-state index in [1.807, 2.05) is 40.9 Å². The van der Waals surface area contributed by atoms with Crippen LogP contribution >= 0.6 is 0 Å². The van der Waals surface area contributed by atoms with E-state index in [0.29, 0.717) is 13.0 Å². The summed E-state index contributed by atoms with van der Waals surface area (Å²) >= 11 is 0. The molecule has 1 aliphatic heterocycles. The Morgan fingerprint density at radius 3 is 2.54 bits per heavy atom. The Balaban J connectivity index is 0.000000878. The van der Waals surface area contributed by atoms with Gasteiger partial charge in [-0.25, -0.2) is 0 Å². The molecule has 1 aromatic heterocycles. The minimum atomic E-state index is -0.250. The standard InChI is InChI=1S/C19H26N4O2.CH2O2/c1-15-8-10-23(20-15)11-9-19(24)22-13-12-21(2)18(14-22)16-4-6-17(25-3)7-5-16;2-1-3/h4-8,10,18H,9,11-14H2,1-3H3;1H,(H,2,3). The van der Waals surface area contributed by atoms with Gasteiger partial charge < -0.3 is 14.7 Å². The highest BCUT2D eigenvalue weighted by atomic mass is 16.5. The van der Waals surface area contributed by atoms with Crippen LogP contribution in [-0.2, 0) is 16.1 Å². The minimum Gasteiger partial charge on any atom is -0.497 e. The first-order chi connectivity index (χ1) is 13.5. The highest BCUT2D eigenvalue weighted by Crippen LogP contribution is 2.26. The molecule has 1 aromatic carbocycles. The molecule has 0 bridgehead atoms. The molecule has 8 heteroatoms. The number of aryl methyl sites for hydroxylation is 2. The minimum absolute atomic E-state index is 0.194. The summed E-state index contributed by atoms with van der Waals surface area (Å²) in [5.74, 6) is 1.05. The van der Waals surface area contributed by atoms with E-state index in [4.69, 9.17) is 14.6 Å². The summed E-state index contributed by atoms with van der Waals surface area (Å²) in [5, 5.41) is 11.2. The molecule has 2 aromatic rings. The third-order valence-corrected chi connectivity index (χ3v) is 4.83. The predicted molar refractivity (Wildman–Crippen MR) is 105 cm³/mol. The molecule has 1 saturated heterocycles. The summed E-state index contributed by atoms with van der Waals surface area (Å²) in [4.78, 5) is 25.3. The normalized spacial score (nSPS) is 16.8. The summed E-state index contributed by atoms with van der Waals surface area (Å²) in [6.45, 7) is 4.72. The maximum absolute atomic E-state index is 12.6. The zero-order chi connectivity index (χ0) is 20.5.